The van der Waals surface area contributed by atoms with Gasteiger partial charge in [0.2, 0.25) is 0 Å². The second-order valence-electron chi connectivity index (χ2n) is 4.64. The van der Waals surface area contributed by atoms with Crippen molar-refractivity contribution >= 4 is 5.78 Å². The Labute approximate surface area is 100 Å². The summed E-state index contributed by atoms with van der Waals surface area (Å²) in [4.78, 5) is 13.6. The predicted molar refractivity (Wildman–Crippen MR) is 63.0 cm³/mol. The Balaban J connectivity index is 2.73. The minimum Gasteiger partial charge on any atom is -0.299 e. The molecule has 0 aliphatic heterocycles. The van der Waals surface area contributed by atoms with E-state index < -0.39 is 17.4 Å². The maximum atomic E-state index is 13.3. The zero-order valence-electron chi connectivity index (χ0n) is 10.3. The molecule has 0 bridgehead atoms. The van der Waals surface area contributed by atoms with Crippen molar-refractivity contribution in [1.29, 1.82) is 0 Å². The summed E-state index contributed by atoms with van der Waals surface area (Å²) in [5.74, 6) is -1.24. The molecule has 0 spiro atoms. The fourth-order valence-corrected chi connectivity index (χ4v) is 1.73. The summed E-state index contributed by atoms with van der Waals surface area (Å²) in [7, 11) is 1.79. The number of hydrogen-bond donors (Lipinski definition) is 0. The molecule has 0 atom stereocenters. The van der Waals surface area contributed by atoms with Crippen molar-refractivity contribution in [2.24, 2.45) is 5.92 Å². The minimum absolute atomic E-state index is 0.0958. The highest BCUT2D eigenvalue weighted by atomic mass is 19.1. The first-order valence-corrected chi connectivity index (χ1v) is 5.57. The van der Waals surface area contributed by atoms with Gasteiger partial charge in [0.15, 0.2) is 5.78 Å². The van der Waals surface area contributed by atoms with Gasteiger partial charge in [0.05, 0.1) is 12.1 Å². The van der Waals surface area contributed by atoms with Crippen molar-refractivity contribution in [2.75, 3.05) is 20.1 Å². The molecule has 0 saturated carbocycles. The summed E-state index contributed by atoms with van der Waals surface area (Å²) in [6, 6.07) is 2.93. The number of hydrogen-bond acceptors (Lipinski definition) is 2. The summed E-state index contributed by atoms with van der Waals surface area (Å²) in [5, 5.41) is 0. The topological polar surface area (TPSA) is 20.3 Å². The first kappa shape index (κ1) is 13.8. The fraction of sp³-hybridized carbons (Fsp3) is 0.462. The number of carbonyl (C=O) groups excluding carboxylic acids is 1. The smallest absolute Gasteiger partial charge is 0.179 e. The van der Waals surface area contributed by atoms with Crippen LogP contribution in [-0.4, -0.2) is 30.8 Å². The van der Waals surface area contributed by atoms with Crippen molar-refractivity contribution in [3.05, 3.63) is 35.4 Å². The highest BCUT2D eigenvalue weighted by molar-refractivity contribution is 5.97. The number of Topliss-reactive ketones (excluding diaryl/α,β-unsaturated/α-hetero) is 1. The van der Waals surface area contributed by atoms with Gasteiger partial charge in [-0.1, -0.05) is 13.8 Å². The van der Waals surface area contributed by atoms with Crippen molar-refractivity contribution in [2.45, 2.75) is 13.8 Å². The van der Waals surface area contributed by atoms with Crippen molar-refractivity contribution in [1.82, 2.24) is 4.90 Å². The molecule has 94 valence electrons. The van der Waals surface area contributed by atoms with E-state index in [0.29, 0.717) is 5.92 Å². The summed E-state index contributed by atoms with van der Waals surface area (Å²) in [5.41, 5.74) is -0.180. The number of likely N-dealkylation sites (N-methyl/N-ethyl adjacent to an activating group) is 1. The third-order valence-corrected chi connectivity index (χ3v) is 2.32. The second kappa shape index (κ2) is 5.87. The zero-order valence-corrected chi connectivity index (χ0v) is 10.3. The van der Waals surface area contributed by atoms with Crippen LogP contribution in [0.4, 0.5) is 8.78 Å². The third kappa shape index (κ3) is 4.23. The van der Waals surface area contributed by atoms with E-state index in [9.17, 15) is 13.6 Å². The van der Waals surface area contributed by atoms with E-state index in [4.69, 9.17) is 0 Å². The SMILES string of the molecule is CC(C)CN(C)CC(=O)c1cc(F)ccc1F. The van der Waals surface area contributed by atoms with Crippen LogP contribution in [0, 0.1) is 17.6 Å². The predicted octanol–water partition coefficient (Wildman–Crippen LogP) is 2.74. The van der Waals surface area contributed by atoms with Gasteiger partial charge >= 0.3 is 0 Å². The van der Waals surface area contributed by atoms with Crippen LogP contribution >= 0.6 is 0 Å². The van der Waals surface area contributed by atoms with Crippen LogP contribution in [-0.2, 0) is 0 Å². The van der Waals surface area contributed by atoms with Gasteiger partial charge in [-0.2, -0.15) is 0 Å². The number of ketones is 1. The van der Waals surface area contributed by atoms with E-state index >= 15 is 0 Å². The standard InChI is InChI=1S/C13H17F2NO/c1-9(2)7-16(3)8-13(17)11-6-10(14)4-5-12(11)15/h4-6,9H,7-8H2,1-3H3. The van der Waals surface area contributed by atoms with Crippen LogP contribution in [0.3, 0.4) is 0 Å². The summed E-state index contributed by atoms with van der Waals surface area (Å²) < 4.78 is 26.2. The summed E-state index contributed by atoms with van der Waals surface area (Å²) >= 11 is 0. The lowest BCUT2D eigenvalue weighted by Crippen LogP contribution is -2.29. The Morgan fingerprint density at radius 1 is 1.35 bits per heavy atom. The Bertz CT molecular complexity index is 404. The van der Waals surface area contributed by atoms with Gasteiger partial charge in [0, 0.05) is 6.54 Å². The zero-order chi connectivity index (χ0) is 13.0. The molecule has 1 aromatic carbocycles. The number of nitrogens with zero attached hydrogens (tertiary/aromatic N) is 1. The molecule has 0 N–H and O–H groups in total. The summed E-state index contributed by atoms with van der Waals surface area (Å²) in [6.07, 6.45) is 0. The van der Waals surface area contributed by atoms with Crippen molar-refractivity contribution in [3.8, 4) is 0 Å². The molecule has 0 radical (unpaired) electrons. The lowest BCUT2D eigenvalue weighted by Gasteiger charge is -2.18. The van der Waals surface area contributed by atoms with E-state index in [1.807, 2.05) is 13.8 Å². The van der Waals surface area contributed by atoms with E-state index in [1.165, 1.54) is 0 Å². The molecule has 0 saturated heterocycles. The van der Waals surface area contributed by atoms with Gasteiger partial charge in [0.25, 0.3) is 0 Å². The monoisotopic (exact) mass is 241 g/mol. The molecule has 0 heterocycles. The maximum Gasteiger partial charge on any atom is 0.179 e. The van der Waals surface area contributed by atoms with Gasteiger partial charge in [-0.05, 0) is 31.2 Å². The first-order valence-electron chi connectivity index (χ1n) is 5.57. The quantitative estimate of drug-likeness (QED) is 0.739. The van der Waals surface area contributed by atoms with E-state index in [-0.39, 0.29) is 12.1 Å². The molecule has 0 fully saturated rings. The normalized spacial score (nSPS) is 11.2. The molecule has 0 aliphatic carbocycles. The number of carbonyl (C=O) groups is 1. The van der Waals surface area contributed by atoms with Crippen LogP contribution in [0.5, 0.6) is 0 Å². The first-order chi connectivity index (χ1) is 7.90. The second-order valence-corrected chi connectivity index (χ2v) is 4.64. The van der Waals surface area contributed by atoms with E-state index in [1.54, 1.807) is 11.9 Å². The highest BCUT2D eigenvalue weighted by Crippen LogP contribution is 2.11. The highest BCUT2D eigenvalue weighted by Gasteiger charge is 2.15. The fourth-order valence-electron chi connectivity index (χ4n) is 1.73. The van der Waals surface area contributed by atoms with Crippen LogP contribution in [0.15, 0.2) is 18.2 Å². The Hall–Kier alpha value is -1.29. The molecular weight excluding hydrogens is 224 g/mol. The van der Waals surface area contributed by atoms with E-state index in [2.05, 4.69) is 0 Å². The molecule has 1 aromatic rings. The molecule has 4 heteroatoms. The Morgan fingerprint density at radius 2 is 2.00 bits per heavy atom. The maximum absolute atomic E-state index is 13.3. The van der Waals surface area contributed by atoms with Crippen molar-refractivity contribution < 1.29 is 13.6 Å². The molecule has 0 unspecified atom stereocenters. The lowest BCUT2D eigenvalue weighted by atomic mass is 10.1. The molecule has 2 nitrogen and oxygen atoms in total. The summed E-state index contributed by atoms with van der Waals surface area (Å²) in [6.45, 7) is 4.90. The molecule has 0 amide bonds. The van der Waals surface area contributed by atoms with Crippen LogP contribution in [0.1, 0.15) is 24.2 Å². The molecule has 1 rings (SSSR count). The van der Waals surface area contributed by atoms with Gasteiger partial charge in [-0.3, -0.25) is 9.69 Å². The average Bonchev–Trinajstić information content (AvgIpc) is 2.20. The van der Waals surface area contributed by atoms with E-state index in [0.717, 1.165) is 24.7 Å². The molecule has 0 aliphatic rings. The van der Waals surface area contributed by atoms with Gasteiger partial charge in [-0.15, -0.1) is 0 Å². The van der Waals surface area contributed by atoms with Gasteiger partial charge in [-0.25, -0.2) is 8.78 Å². The molecular formula is C13H17F2NO. The van der Waals surface area contributed by atoms with Crippen LogP contribution < -0.4 is 0 Å². The van der Waals surface area contributed by atoms with Gasteiger partial charge < -0.3 is 0 Å². The average molecular weight is 241 g/mol. The number of rotatable bonds is 5. The largest absolute Gasteiger partial charge is 0.299 e. The third-order valence-electron chi connectivity index (χ3n) is 2.32. The Morgan fingerprint density at radius 3 is 2.59 bits per heavy atom. The van der Waals surface area contributed by atoms with Crippen molar-refractivity contribution in [3.63, 3.8) is 0 Å². The Kier molecular flexibility index (Phi) is 4.75. The van der Waals surface area contributed by atoms with Crippen LogP contribution in [0.25, 0.3) is 0 Å². The lowest BCUT2D eigenvalue weighted by molar-refractivity contribution is 0.0936. The van der Waals surface area contributed by atoms with Crippen LogP contribution in [0.2, 0.25) is 0 Å². The minimum atomic E-state index is -0.672. The number of halogens is 2. The number of benzene rings is 1. The molecule has 17 heavy (non-hydrogen) atoms. The molecule has 0 aromatic heterocycles. The van der Waals surface area contributed by atoms with Gasteiger partial charge in [0.1, 0.15) is 11.6 Å².